The van der Waals surface area contributed by atoms with E-state index in [-0.39, 0.29) is 17.5 Å². The van der Waals surface area contributed by atoms with Crippen molar-refractivity contribution < 1.29 is 4.79 Å². The third-order valence-corrected chi connectivity index (χ3v) is 5.80. The first-order chi connectivity index (χ1) is 13.5. The van der Waals surface area contributed by atoms with E-state index in [1.807, 2.05) is 37.1 Å². The number of aryl methyl sites for hydroxylation is 3. The van der Waals surface area contributed by atoms with Gasteiger partial charge in [-0.15, -0.1) is 0 Å². The van der Waals surface area contributed by atoms with Crippen molar-refractivity contribution in [1.29, 1.82) is 0 Å². The normalized spacial score (nSPS) is 16.0. The van der Waals surface area contributed by atoms with Crippen LogP contribution in [0.5, 0.6) is 0 Å². The second-order valence-corrected chi connectivity index (χ2v) is 7.47. The second kappa shape index (κ2) is 7.23. The lowest BCUT2D eigenvalue weighted by atomic mass is 9.87. The van der Waals surface area contributed by atoms with Gasteiger partial charge in [-0.2, -0.15) is 0 Å². The molecule has 0 N–H and O–H groups in total. The predicted molar refractivity (Wildman–Crippen MR) is 111 cm³/mol. The van der Waals surface area contributed by atoms with Gasteiger partial charge in [0.1, 0.15) is 5.69 Å². The number of nitrogens with zero attached hydrogens (tertiary/aromatic N) is 3. The van der Waals surface area contributed by atoms with Crippen molar-refractivity contribution in [1.82, 2.24) is 14.5 Å². The molecule has 1 atom stereocenters. The van der Waals surface area contributed by atoms with Gasteiger partial charge in [0.05, 0.1) is 17.1 Å². The minimum Gasteiger partial charge on any atom is -0.335 e. The summed E-state index contributed by atoms with van der Waals surface area (Å²) in [7, 11) is 1.88. The second-order valence-electron chi connectivity index (χ2n) is 7.47. The van der Waals surface area contributed by atoms with Gasteiger partial charge in [-0.25, -0.2) is 4.98 Å². The van der Waals surface area contributed by atoms with Gasteiger partial charge in [0.25, 0.3) is 11.5 Å². The molecular weight excluding hydrogens is 350 g/mol. The van der Waals surface area contributed by atoms with Gasteiger partial charge in [0.2, 0.25) is 0 Å². The SMILES string of the molecule is CCn1c(=O)c(C)nc2cc(C(=O)N(C)C3CCCc4ccccc43)ccc21. The van der Waals surface area contributed by atoms with Crippen LogP contribution in [-0.4, -0.2) is 27.4 Å². The highest BCUT2D eigenvalue weighted by molar-refractivity contribution is 5.97. The van der Waals surface area contributed by atoms with E-state index in [9.17, 15) is 9.59 Å². The Labute approximate surface area is 164 Å². The molecule has 1 aliphatic rings. The molecule has 1 aliphatic carbocycles. The molecule has 0 spiro atoms. The number of fused-ring (bicyclic) bond motifs is 2. The minimum atomic E-state index is -0.0787. The zero-order valence-electron chi connectivity index (χ0n) is 16.6. The van der Waals surface area contributed by atoms with E-state index in [1.54, 1.807) is 17.6 Å². The number of carbonyl (C=O) groups excluding carboxylic acids is 1. The summed E-state index contributed by atoms with van der Waals surface area (Å²) in [6.07, 6.45) is 3.13. The summed E-state index contributed by atoms with van der Waals surface area (Å²) in [5.41, 5.74) is 5.01. The first-order valence-electron chi connectivity index (χ1n) is 9.87. The number of hydrogen-bond acceptors (Lipinski definition) is 3. The minimum absolute atomic E-state index is 0.0164. The summed E-state index contributed by atoms with van der Waals surface area (Å²) in [5, 5.41) is 0. The summed E-state index contributed by atoms with van der Waals surface area (Å²) in [4.78, 5) is 31.8. The van der Waals surface area contributed by atoms with E-state index in [1.165, 1.54) is 11.1 Å². The summed E-state index contributed by atoms with van der Waals surface area (Å²) in [6, 6.07) is 13.9. The van der Waals surface area contributed by atoms with Crippen LogP contribution < -0.4 is 5.56 Å². The van der Waals surface area contributed by atoms with Crippen LogP contribution in [0.15, 0.2) is 47.3 Å². The predicted octanol–water partition coefficient (Wildman–Crippen LogP) is 3.87. The van der Waals surface area contributed by atoms with Crippen molar-refractivity contribution in [3.8, 4) is 0 Å². The third-order valence-electron chi connectivity index (χ3n) is 5.80. The Kier molecular flexibility index (Phi) is 4.75. The van der Waals surface area contributed by atoms with E-state index in [0.29, 0.717) is 23.3 Å². The van der Waals surface area contributed by atoms with Crippen molar-refractivity contribution in [2.75, 3.05) is 7.05 Å². The largest absolute Gasteiger partial charge is 0.335 e. The molecule has 0 fully saturated rings. The monoisotopic (exact) mass is 375 g/mol. The molecule has 5 heteroatoms. The molecular formula is C23H25N3O2. The highest BCUT2D eigenvalue weighted by atomic mass is 16.2. The molecule has 4 rings (SSSR count). The van der Waals surface area contributed by atoms with Crippen LogP contribution in [-0.2, 0) is 13.0 Å². The summed E-state index contributed by atoms with van der Waals surface area (Å²) >= 11 is 0. The Morgan fingerprint density at radius 3 is 2.82 bits per heavy atom. The Morgan fingerprint density at radius 2 is 2.04 bits per heavy atom. The highest BCUT2D eigenvalue weighted by Crippen LogP contribution is 2.34. The van der Waals surface area contributed by atoms with Crippen LogP contribution in [0.2, 0.25) is 0 Å². The molecule has 1 unspecified atom stereocenters. The van der Waals surface area contributed by atoms with Gasteiger partial charge in [-0.05, 0) is 62.4 Å². The molecule has 5 nitrogen and oxygen atoms in total. The van der Waals surface area contributed by atoms with Crippen molar-refractivity contribution in [2.24, 2.45) is 0 Å². The van der Waals surface area contributed by atoms with Crippen LogP contribution in [0.3, 0.4) is 0 Å². The van der Waals surface area contributed by atoms with Crippen molar-refractivity contribution >= 4 is 16.9 Å². The van der Waals surface area contributed by atoms with E-state index < -0.39 is 0 Å². The average molecular weight is 375 g/mol. The molecule has 1 amide bonds. The number of hydrogen-bond donors (Lipinski definition) is 0. The fourth-order valence-corrected chi connectivity index (χ4v) is 4.30. The lowest BCUT2D eigenvalue weighted by Gasteiger charge is -2.33. The fraction of sp³-hybridized carbons (Fsp3) is 0.348. The molecule has 0 radical (unpaired) electrons. The molecule has 0 bridgehead atoms. The summed E-state index contributed by atoms with van der Waals surface area (Å²) in [6.45, 7) is 4.23. The van der Waals surface area contributed by atoms with Crippen molar-refractivity contribution in [2.45, 2.75) is 45.7 Å². The molecule has 1 heterocycles. The first kappa shape index (κ1) is 18.4. The molecule has 28 heavy (non-hydrogen) atoms. The van der Waals surface area contributed by atoms with Gasteiger partial charge in [-0.1, -0.05) is 24.3 Å². The zero-order valence-corrected chi connectivity index (χ0v) is 16.6. The molecule has 1 aromatic heterocycles. The number of rotatable bonds is 3. The first-order valence-corrected chi connectivity index (χ1v) is 9.87. The van der Waals surface area contributed by atoms with Crippen LogP contribution in [0, 0.1) is 6.92 Å². The van der Waals surface area contributed by atoms with Crippen LogP contribution in [0.4, 0.5) is 0 Å². The van der Waals surface area contributed by atoms with Gasteiger partial charge in [0, 0.05) is 19.2 Å². The lowest BCUT2D eigenvalue weighted by molar-refractivity contribution is 0.0715. The van der Waals surface area contributed by atoms with Gasteiger partial charge in [-0.3, -0.25) is 9.59 Å². The topological polar surface area (TPSA) is 55.2 Å². The number of benzene rings is 2. The maximum Gasteiger partial charge on any atom is 0.272 e. The molecule has 144 valence electrons. The summed E-state index contributed by atoms with van der Waals surface area (Å²) < 4.78 is 1.70. The Bertz CT molecular complexity index is 1120. The Balaban J connectivity index is 1.71. The fourth-order valence-electron chi connectivity index (χ4n) is 4.30. The van der Waals surface area contributed by atoms with Gasteiger partial charge in [0.15, 0.2) is 0 Å². The summed E-state index contributed by atoms with van der Waals surface area (Å²) in [5.74, 6) is -0.0164. The molecule has 3 aromatic rings. The number of carbonyl (C=O) groups is 1. The highest BCUT2D eigenvalue weighted by Gasteiger charge is 2.27. The van der Waals surface area contributed by atoms with E-state index >= 15 is 0 Å². The Morgan fingerprint density at radius 1 is 1.25 bits per heavy atom. The van der Waals surface area contributed by atoms with Crippen molar-refractivity contribution in [3.63, 3.8) is 0 Å². The molecule has 2 aromatic carbocycles. The van der Waals surface area contributed by atoms with Crippen molar-refractivity contribution in [3.05, 3.63) is 75.2 Å². The van der Waals surface area contributed by atoms with Crippen LogP contribution >= 0.6 is 0 Å². The zero-order chi connectivity index (χ0) is 19.8. The molecule has 0 aliphatic heterocycles. The van der Waals surface area contributed by atoms with Gasteiger partial charge < -0.3 is 9.47 Å². The van der Waals surface area contributed by atoms with Gasteiger partial charge >= 0.3 is 0 Å². The quantitative estimate of drug-likeness (QED) is 0.698. The Hall–Kier alpha value is -2.95. The molecule has 0 saturated carbocycles. The standard InChI is InChI=1S/C23H25N3O2/c1-4-26-21-13-12-17(14-19(21)24-15(2)22(26)27)23(28)25(3)20-11-7-9-16-8-5-6-10-18(16)20/h5-6,8,10,12-14,20H,4,7,9,11H2,1-3H3. The average Bonchev–Trinajstić information content (AvgIpc) is 2.73. The maximum absolute atomic E-state index is 13.2. The maximum atomic E-state index is 13.2. The smallest absolute Gasteiger partial charge is 0.272 e. The van der Waals surface area contributed by atoms with E-state index in [2.05, 4.69) is 23.2 Å². The number of aromatic nitrogens is 2. The van der Waals surface area contributed by atoms with E-state index in [0.717, 1.165) is 24.8 Å². The van der Waals surface area contributed by atoms with Crippen LogP contribution in [0.1, 0.15) is 53.0 Å². The third kappa shape index (κ3) is 3.01. The lowest BCUT2D eigenvalue weighted by Crippen LogP contribution is -2.33. The van der Waals surface area contributed by atoms with Crippen LogP contribution in [0.25, 0.3) is 11.0 Å². The number of amides is 1. The molecule has 0 saturated heterocycles. The van der Waals surface area contributed by atoms with E-state index in [4.69, 9.17) is 0 Å².